The molecular formula is C17H23N3. The van der Waals surface area contributed by atoms with E-state index in [0.29, 0.717) is 6.54 Å². The molecule has 2 N–H and O–H groups in total. The first-order chi connectivity index (χ1) is 9.43. The van der Waals surface area contributed by atoms with E-state index in [4.69, 9.17) is 10.7 Å². The van der Waals surface area contributed by atoms with Crippen molar-refractivity contribution in [2.45, 2.75) is 39.2 Å². The summed E-state index contributed by atoms with van der Waals surface area (Å²) in [6.45, 7) is 11.0. The molecule has 3 heteroatoms. The molecule has 106 valence electrons. The maximum Gasteiger partial charge on any atom is 0.127 e. The molecular weight excluding hydrogens is 246 g/mol. The number of imidazole rings is 1. The molecule has 1 aromatic heterocycles. The van der Waals surface area contributed by atoms with E-state index in [2.05, 4.69) is 44.0 Å². The van der Waals surface area contributed by atoms with Crippen LogP contribution in [0.1, 0.15) is 37.9 Å². The van der Waals surface area contributed by atoms with Crippen molar-refractivity contribution in [2.24, 2.45) is 0 Å². The number of anilines is 1. The third-order valence-electron chi connectivity index (χ3n) is 3.28. The standard InChI is InChI=1S/C17H23N3/c1-5-11-20-15(18)14(19-16(20)17(2,3)4)12-13-9-7-6-8-10-13/h5-10H,1,11-12,18H2,2-4H3. The quantitative estimate of drug-likeness (QED) is 0.863. The molecule has 1 aromatic carbocycles. The second-order valence-corrected chi connectivity index (χ2v) is 6.08. The third kappa shape index (κ3) is 2.93. The zero-order valence-corrected chi connectivity index (χ0v) is 12.6. The lowest BCUT2D eigenvalue weighted by molar-refractivity contribution is 0.515. The van der Waals surface area contributed by atoms with E-state index in [1.807, 2.05) is 24.3 Å². The number of rotatable bonds is 4. The number of benzene rings is 1. The van der Waals surface area contributed by atoms with E-state index in [9.17, 15) is 0 Å². The molecule has 0 aliphatic carbocycles. The minimum Gasteiger partial charge on any atom is -0.384 e. The Balaban J connectivity index is 2.42. The minimum atomic E-state index is -0.0356. The van der Waals surface area contributed by atoms with Crippen LogP contribution in [0.4, 0.5) is 5.82 Å². The van der Waals surface area contributed by atoms with Crippen LogP contribution in [0.25, 0.3) is 0 Å². The Morgan fingerprint density at radius 2 is 1.90 bits per heavy atom. The summed E-state index contributed by atoms with van der Waals surface area (Å²) in [7, 11) is 0. The number of hydrogen-bond donors (Lipinski definition) is 1. The van der Waals surface area contributed by atoms with Gasteiger partial charge in [-0.2, -0.15) is 0 Å². The Bertz CT molecular complexity index is 589. The van der Waals surface area contributed by atoms with Gasteiger partial charge >= 0.3 is 0 Å². The fraction of sp³-hybridized carbons (Fsp3) is 0.353. The summed E-state index contributed by atoms with van der Waals surface area (Å²) in [4.78, 5) is 4.79. The Morgan fingerprint density at radius 3 is 2.45 bits per heavy atom. The van der Waals surface area contributed by atoms with E-state index in [-0.39, 0.29) is 5.41 Å². The van der Waals surface area contributed by atoms with E-state index in [1.165, 1.54) is 5.56 Å². The molecule has 0 radical (unpaired) electrons. The van der Waals surface area contributed by atoms with Crippen molar-refractivity contribution in [1.82, 2.24) is 9.55 Å². The van der Waals surface area contributed by atoms with Crippen molar-refractivity contribution in [3.05, 3.63) is 60.1 Å². The highest BCUT2D eigenvalue weighted by atomic mass is 15.1. The van der Waals surface area contributed by atoms with Gasteiger partial charge in [0.25, 0.3) is 0 Å². The number of hydrogen-bond acceptors (Lipinski definition) is 2. The highest BCUT2D eigenvalue weighted by Gasteiger charge is 2.24. The predicted octanol–water partition coefficient (Wildman–Crippen LogP) is 3.54. The van der Waals surface area contributed by atoms with Gasteiger partial charge in [0.15, 0.2) is 0 Å². The Kier molecular flexibility index (Phi) is 3.98. The molecule has 2 aromatic rings. The summed E-state index contributed by atoms with van der Waals surface area (Å²) in [6, 6.07) is 10.3. The maximum atomic E-state index is 6.29. The van der Waals surface area contributed by atoms with Crippen LogP contribution in [0.2, 0.25) is 0 Å². The van der Waals surface area contributed by atoms with Crippen molar-refractivity contribution in [3.8, 4) is 0 Å². The van der Waals surface area contributed by atoms with Gasteiger partial charge in [-0.1, -0.05) is 57.2 Å². The van der Waals surface area contributed by atoms with E-state index >= 15 is 0 Å². The van der Waals surface area contributed by atoms with Gasteiger partial charge in [-0.3, -0.25) is 0 Å². The van der Waals surface area contributed by atoms with Gasteiger partial charge in [-0.05, 0) is 5.56 Å². The molecule has 20 heavy (non-hydrogen) atoms. The van der Waals surface area contributed by atoms with Crippen LogP contribution in [0.3, 0.4) is 0 Å². The highest BCUT2D eigenvalue weighted by Crippen LogP contribution is 2.27. The zero-order valence-electron chi connectivity index (χ0n) is 12.6. The molecule has 0 fully saturated rings. The molecule has 1 heterocycles. The second kappa shape index (κ2) is 5.53. The smallest absolute Gasteiger partial charge is 0.127 e. The summed E-state index contributed by atoms with van der Waals surface area (Å²) in [5.41, 5.74) is 8.42. The van der Waals surface area contributed by atoms with Crippen LogP contribution < -0.4 is 5.73 Å². The molecule has 0 saturated carbocycles. The third-order valence-corrected chi connectivity index (χ3v) is 3.28. The second-order valence-electron chi connectivity index (χ2n) is 6.08. The lowest BCUT2D eigenvalue weighted by Crippen LogP contribution is -2.19. The Hall–Kier alpha value is -2.03. The highest BCUT2D eigenvalue weighted by molar-refractivity contribution is 5.42. The molecule has 3 nitrogen and oxygen atoms in total. The van der Waals surface area contributed by atoms with Crippen molar-refractivity contribution in [1.29, 1.82) is 0 Å². The van der Waals surface area contributed by atoms with Gasteiger partial charge in [0, 0.05) is 18.4 Å². The van der Waals surface area contributed by atoms with Crippen LogP contribution in [0.15, 0.2) is 43.0 Å². The normalized spacial score (nSPS) is 11.6. The fourth-order valence-electron chi connectivity index (χ4n) is 2.32. The molecule has 2 rings (SSSR count). The monoisotopic (exact) mass is 269 g/mol. The molecule has 0 saturated heterocycles. The number of nitrogens with zero attached hydrogens (tertiary/aromatic N) is 2. The van der Waals surface area contributed by atoms with Gasteiger partial charge in [0.05, 0.1) is 5.69 Å². The Labute approximate surface area is 121 Å². The summed E-state index contributed by atoms with van der Waals surface area (Å²) < 4.78 is 2.06. The molecule has 0 spiro atoms. The maximum absolute atomic E-state index is 6.29. The van der Waals surface area contributed by atoms with Gasteiger partial charge in [0.1, 0.15) is 11.6 Å². The summed E-state index contributed by atoms with van der Waals surface area (Å²) in [5, 5.41) is 0. The van der Waals surface area contributed by atoms with E-state index in [0.717, 1.165) is 23.8 Å². The van der Waals surface area contributed by atoms with Crippen LogP contribution in [0.5, 0.6) is 0 Å². The van der Waals surface area contributed by atoms with Crippen molar-refractivity contribution in [2.75, 3.05) is 5.73 Å². The van der Waals surface area contributed by atoms with Crippen molar-refractivity contribution < 1.29 is 0 Å². The van der Waals surface area contributed by atoms with E-state index in [1.54, 1.807) is 0 Å². The summed E-state index contributed by atoms with van der Waals surface area (Å²) in [6.07, 6.45) is 2.62. The average Bonchev–Trinajstić information content (AvgIpc) is 2.69. The number of nitrogens with two attached hydrogens (primary N) is 1. The first kappa shape index (κ1) is 14.4. The molecule has 0 atom stereocenters. The zero-order chi connectivity index (χ0) is 14.8. The van der Waals surface area contributed by atoms with Gasteiger partial charge in [-0.25, -0.2) is 4.98 Å². The summed E-state index contributed by atoms with van der Waals surface area (Å²) >= 11 is 0. The summed E-state index contributed by atoms with van der Waals surface area (Å²) in [5.74, 6) is 1.76. The number of aromatic nitrogens is 2. The molecule has 0 amide bonds. The Morgan fingerprint density at radius 1 is 1.25 bits per heavy atom. The molecule has 0 aliphatic heterocycles. The SMILES string of the molecule is C=CCn1c(C(C)(C)C)nc(Cc2ccccc2)c1N. The molecule has 0 unspecified atom stereocenters. The van der Waals surface area contributed by atoms with Crippen LogP contribution >= 0.6 is 0 Å². The van der Waals surface area contributed by atoms with Gasteiger partial charge < -0.3 is 10.3 Å². The van der Waals surface area contributed by atoms with Crippen LogP contribution in [0, 0.1) is 0 Å². The number of nitrogen functional groups attached to an aromatic ring is 1. The molecule has 0 aliphatic rings. The van der Waals surface area contributed by atoms with Crippen molar-refractivity contribution >= 4 is 5.82 Å². The van der Waals surface area contributed by atoms with Crippen LogP contribution in [-0.4, -0.2) is 9.55 Å². The fourth-order valence-corrected chi connectivity index (χ4v) is 2.32. The lowest BCUT2D eigenvalue weighted by Gasteiger charge is -2.19. The largest absolute Gasteiger partial charge is 0.384 e. The first-order valence-corrected chi connectivity index (χ1v) is 6.93. The minimum absolute atomic E-state index is 0.0356. The van der Waals surface area contributed by atoms with Gasteiger partial charge in [0.2, 0.25) is 0 Å². The van der Waals surface area contributed by atoms with Crippen LogP contribution in [-0.2, 0) is 18.4 Å². The average molecular weight is 269 g/mol. The number of allylic oxidation sites excluding steroid dienone is 1. The van der Waals surface area contributed by atoms with E-state index < -0.39 is 0 Å². The topological polar surface area (TPSA) is 43.8 Å². The molecule has 0 bridgehead atoms. The first-order valence-electron chi connectivity index (χ1n) is 6.93. The van der Waals surface area contributed by atoms with Gasteiger partial charge in [-0.15, -0.1) is 6.58 Å². The van der Waals surface area contributed by atoms with Crippen molar-refractivity contribution in [3.63, 3.8) is 0 Å². The lowest BCUT2D eigenvalue weighted by atomic mass is 9.95. The predicted molar refractivity (Wildman–Crippen MR) is 84.8 cm³/mol.